The Hall–Kier alpha value is -2.47. The molecular formula is C20H18BrN3O2. The molecule has 0 saturated carbocycles. The highest BCUT2D eigenvalue weighted by Gasteiger charge is 2.29. The van der Waals surface area contributed by atoms with Crippen LogP contribution >= 0.6 is 15.9 Å². The lowest BCUT2D eigenvalue weighted by molar-refractivity contribution is -0.117. The number of benzene rings is 2. The van der Waals surface area contributed by atoms with Gasteiger partial charge in [0.2, 0.25) is 5.91 Å². The molecule has 1 aliphatic rings. The monoisotopic (exact) mass is 411 g/mol. The van der Waals surface area contributed by atoms with Gasteiger partial charge in [-0.15, -0.1) is 0 Å². The Morgan fingerprint density at radius 2 is 2.08 bits per heavy atom. The summed E-state index contributed by atoms with van der Waals surface area (Å²) >= 11 is 3.57. The summed E-state index contributed by atoms with van der Waals surface area (Å²) in [6.45, 7) is 3.67. The van der Waals surface area contributed by atoms with Crippen LogP contribution in [0, 0.1) is 0 Å². The minimum Gasteiger partial charge on any atom is -0.423 e. The topological polar surface area (TPSA) is 55.3 Å². The van der Waals surface area contributed by atoms with Crippen molar-refractivity contribution in [1.29, 1.82) is 0 Å². The van der Waals surface area contributed by atoms with Crippen molar-refractivity contribution in [3.05, 3.63) is 52.6 Å². The third-order valence-electron chi connectivity index (χ3n) is 4.70. The van der Waals surface area contributed by atoms with E-state index in [1.165, 1.54) is 0 Å². The first-order chi connectivity index (χ1) is 12.5. The molecular weight excluding hydrogens is 394 g/mol. The predicted octanol–water partition coefficient (Wildman–Crippen LogP) is 4.87. The lowest BCUT2D eigenvalue weighted by Crippen LogP contribution is -2.40. The molecule has 1 aliphatic heterocycles. The molecule has 0 bridgehead atoms. The quantitative estimate of drug-likeness (QED) is 0.603. The Bertz CT molecular complexity index is 1010. The van der Waals surface area contributed by atoms with Gasteiger partial charge in [-0.2, -0.15) is 4.98 Å². The average Bonchev–Trinajstić information content (AvgIpc) is 2.63. The molecule has 2 aromatic carbocycles. The summed E-state index contributed by atoms with van der Waals surface area (Å²) in [6.07, 6.45) is 3.48. The Morgan fingerprint density at radius 3 is 2.88 bits per heavy atom. The first-order valence-electron chi connectivity index (χ1n) is 8.55. The summed E-state index contributed by atoms with van der Waals surface area (Å²) in [7, 11) is 0. The third kappa shape index (κ3) is 2.94. The highest BCUT2D eigenvalue weighted by atomic mass is 79.9. The zero-order valence-corrected chi connectivity index (χ0v) is 16.2. The fourth-order valence-corrected chi connectivity index (χ4v) is 3.91. The normalized spacial score (nSPS) is 16.4. The Morgan fingerprint density at radius 1 is 1.27 bits per heavy atom. The van der Waals surface area contributed by atoms with Gasteiger partial charge in [-0.3, -0.25) is 4.79 Å². The van der Waals surface area contributed by atoms with Crippen molar-refractivity contribution in [1.82, 2.24) is 9.97 Å². The van der Waals surface area contributed by atoms with E-state index in [0.717, 1.165) is 39.5 Å². The van der Waals surface area contributed by atoms with Crippen molar-refractivity contribution in [2.24, 2.45) is 0 Å². The van der Waals surface area contributed by atoms with Crippen molar-refractivity contribution in [2.75, 3.05) is 4.90 Å². The molecule has 1 aromatic heterocycles. The van der Waals surface area contributed by atoms with E-state index in [-0.39, 0.29) is 11.9 Å². The second-order valence-corrected chi connectivity index (χ2v) is 7.32. The number of hydrogen-bond acceptors (Lipinski definition) is 4. The molecule has 132 valence electrons. The smallest absolute Gasteiger partial charge is 0.322 e. The number of nitrogens with zero attached hydrogens (tertiary/aromatic N) is 3. The van der Waals surface area contributed by atoms with Crippen LogP contribution < -0.4 is 9.64 Å². The molecule has 1 atom stereocenters. The van der Waals surface area contributed by atoms with E-state index in [1.807, 2.05) is 41.3 Å². The number of anilines is 1. The summed E-state index contributed by atoms with van der Waals surface area (Å²) in [6, 6.07) is 12.1. The molecule has 1 amide bonds. The maximum absolute atomic E-state index is 12.1. The van der Waals surface area contributed by atoms with E-state index in [4.69, 9.17) is 4.74 Å². The summed E-state index contributed by atoms with van der Waals surface area (Å²) in [5.74, 6) is 0.713. The largest absolute Gasteiger partial charge is 0.423 e. The van der Waals surface area contributed by atoms with Crippen molar-refractivity contribution in [3.8, 4) is 11.8 Å². The second-order valence-electron chi connectivity index (χ2n) is 6.46. The molecule has 0 radical (unpaired) electrons. The van der Waals surface area contributed by atoms with Crippen molar-refractivity contribution >= 4 is 38.4 Å². The molecule has 26 heavy (non-hydrogen) atoms. The van der Waals surface area contributed by atoms with Gasteiger partial charge < -0.3 is 9.64 Å². The first-order valence-corrected chi connectivity index (χ1v) is 9.34. The third-order valence-corrected chi connectivity index (χ3v) is 5.32. The van der Waals surface area contributed by atoms with Crippen LogP contribution in [0.2, 0.25) is 0 Å². The van der Waals surface area contributed by atoms with Crippen LogP contribution in [-0.2, 0) is 11.2 Å². The van der Waals surface area contributed by atoms with Crippen LogP contribution in [0.5, 0.6) is 11.8 Å². The summed E-state index contributed by atoms with van der Waals surface area (Å²) in [5, 5.41) is 0.964. The van der Waals surface area contributed by atoms with Gasteiger partial charge in [0, 0.05) is 30.1 Å². The van der Waals surface area contributed by atoms with Crippen LogP contribution in [0.25, 0.3) is 10.9 Å². The first kappa shape index (κ1) is 17.0. The fraction of sp³-hybridized carbons (Fsp3) is 0.250. The van der Waals surface area contributed by atoms with Gasteiger partial charge in [-0.25, -0.2) is 4.98 Å². The van der Waals surface area contributed by atoms with Crippen molar-refractivity contribution in [3.63, 3.8) is 0 Å². The molecule has 0 fully saturated rings. The molecule has 2 heterocycles. The number of fused-ring (bicyclic) bond motifs is 2. The zero-order valence-electron chi connectivity index (χ0n) is 14.6. The van der Waals surface area contributed by atoms with E-state index in [1.54, 1.807) is 13.1 Å². The SMILES string of the molecule is CC(=O)N1c2ccc(Br)c(Oc3ncc4ccccc4n3)c2CC[C@@H]1C. The average molecular weight is 412 g/mol. The maximum Gasteiger partial charge on any atom is 0.322 e. The fourth-order valence-electron chi connectivity index (χ4n) is 3.46. The zero-order chi connectivity index (χ0) is 18.3. The Labute approximate surface area is 160 Å². The number of carbonyl (C=O) groups is 1. The number of amides is 1. The predicted molar refractivity (Wildman–Crippen MR) is 105 cm³/mol. The molecule has 6 heteroatoms. The molecule has 3 aromatic rings. The van der Waals surface area contributed by atoms with Gasteiger partial charge in [0.25, 0.3) is 0 Å². The number of halogens is 1. The number of rotatable bonds is 2. The Kier molecular flexibility index (Phi) is 4.36. The van der Waals surface area contributed by atoms with E-state index < -0.39 is 0 Å². The number of carbonyl (C=O) groups excluding carboxylic acids is 1. The van der Waals surface area contributed by atoms with Gasteiger partial charge in [-0.1, -0.05) is 18.2 Å². The van der Waals surface area contributed by atoms with Gasteiger partial charge in [-0.05, 0) is 53.9 Å². The minimum absolute atomic E-state index is 0.0358. The van der Waals surface area contributed by atoms with Crippen LogP contribution in [-0.4, -0.2) is 21.9 Å². The minimum atomic E-state index is 0.0358. The second kappa shape index (κ2) is 6.68. The number of ether oxygens (including phenoxy) is 1. The molecule has 0 unspecified atom stereocenters. The van der Waals surface area contributed by atoms with E-state index >= 15 is 0 Å². The summed E-state index contributed by atoms with van der Waals surface area (Å²) in [5.41, 5.74) is 2.73. The molecule has 5 nitrogen and oxygen atoms in total. The molecule has 0 saturated heterocycles. The van der Waals surface area contributed by atoms with Crippen LogP contribution in [0.4, 0.5) is 5.69 Å². The van der Waals surface area contributed by atoms with Gasteiger partial charge in [0.1, 0.15) is 0 Å². The Balaban J connectivity index is 1.77. The number of para-hydroxylation sites is 1. The highest BCUT2D eigenvalue weighted by Crippen LogP contribution is 2.42. The molecule has 0 N–H and O–H groups in total. The summed E-state index contributed by atoms with van der Waals surface area (Å²) < 4.78 is 6.90. The van der Waals surface area contributed by atoms with Crippen LogP contribution in [0.1, 0.15) is 25.8 Å². The van der Waals surface area contributed by atoms with Crippen LogP contribution in [0.15, 0.2) is 47.1 Å². The lowest BCUT2D eigenvalue weighted by atomic mass is 9.95. The summed E-state index contributed by atoms with van der Waals surface area (Å²) in [4.78, 5) is 22.8. The van der Waals surface area contributed by atoms with E-state index in [2.05, 4.69) is 32.8 Å². The van der Waals surface area contributed by atoms with E-state index in [9.17, 15) is 4.79 Å². The molecule has 0 spiro atoms. The highest BCUT2D eigenvalue weighted by molar-refractivity contribution is 9.10. The molecule has 0 aliphatic carbocycles. The van der Waals surface area contributed by atoms with Gasteiger partial charge >= 0.3 is 6.01 Å². The lowest BCUT2D eigenvalue weighted by Gasteiger charge is -2.35. The number of hydrogen-bond donors (Lipinski definition) is 0. The number of aromatic nitrogens is 2. The van der Waals surface area contributed by atoms with Gasteiger partial charge in [0.15, 0.2) is 5.75 Å². The molecule has 4 rings (SSSR count). The van der Waals surface area contributed by atoms with Crippen molar-refractivity contribution in [2.45, 2.75) is 32.7 Å². The maximum atomic E-state index is 12.1. The standard InChI is InChI=1S/C20H18BrN3O2/c1-12-7-8-15-18(24(12)13(2)25)10-9-16(21)19(15)26-20-22-11-14-5-3-4-6-17(14)23-20/h3-6,9-12H,7-8H2,1-2H3/t12-/m0/s1. The van der Waals surface area contributed by atoms with E-state index in [0.29, 0.717) is 11.8 Å². The van der Waals surface area contributed by atoms with Gasteiger partial charge in [0.05, 0.1) is 15.7 Å². The van der Waals surface area contributed by atoms with Crippen LogP contribution in [0.3, 0.4) is 0 Å². The van der Waals surface area contributed by atoms with Crippen molar-refractivity contribution < 1.29 is 9.53 Å².